The second kappa shape index (κ2) is 8.98. The maximum atomic E-state index is 13.2. The number of hydrogen-bond acceptors (Lipinski definition) is 5. The number of Topliss-reactive ketones (excluding diaryl/α,β-unsaturated/α-hetero) is 1. The Bertz CT molecular complexity index is 1320. The number of phenols is 1. The fraction of sp³-hybridized carbons (Fsp3) is 0.0833. The molecular formula is C24H16Cl3NO5. The number of rotatable bonds is 4. The van der Waals surface area contributed by atoms with Gasteiger partial charge in [0.15, 0.2) is 0 Å². The van der Waals surface area contributed by atoms with E-state index in [9.17, 15) is 19.8 Å². The first kappa shape index (κ1) is 23.0. The number of carbonyl (C=O) groups excluding carboxylic acids is 2. The van der Waals surface area contributed by atoms with E-state index in [4.69, 9.17) is 39.5 Å². The van der Waals surface area contributed by atoms with Crippen molar-refractivity contribution in [2.24, 2.45) is 0 Å². The number of ketones is 1. The second-order valence-electron chi connectivity index (χ2n) is 7.21. The summed E-state index contributed by atoms with van der Waals surface area (Å²) in [7, 11) is 1.42. The molecule has 168 valence electrons. The number of ether oxygens (including phenoxy) is 1. The SMILES string of the molecule is COc1cc(/C(O)=C2\C(=O)C(=O)N(c3ccc(Cl)c(Cl)c3)C2c2cccc(O)c2)ccc1Cl. The number of aliphatic hydroxyl groups excluding tert-OH is 1. The lowest BCUT2D eigenvalue weighted by atomic mass is 9.95. The molecule has 6 nitrogen and oxygen atoms in total. The topological polar surface area (TPSA) is 87.1 Å². The average molecular weight is 505 g/mol. The van der Waals surface area contributed by atoms with Crippen LogP contribution in [-0.4, -0.2) is 29.0 Å². The van der Waals surface area contributed by atoms with E-state index in [1.54, 1.807) is 18.2 Å². The maximum Gasteiger partial charge on any atom is 0.300 e. The minimum atomic E-state index is -1.05. The van der Waals surface area contributed by atoms with Crippen LogP contribution in [0.4, 0.5) is 5.69 Å². The average Bonchev–Trinajstić information content (AvgIpc) is 3.06. The van der Waals surface area contributed by atoms with Crippen molar-refractivity contribution in [2.45, 2.75) is 6.04 Å². The Kier molecular flexibility index (Phi) is 6.26. The standard InChI is InChI=1S/C24H16Cl3NO5/c1-33-19-10-13(5-7-17(19)26)22(30)20-21(12-3-2-4-15(29)9-12)28(24(32)23(20)31)14-6-8-16(25)18(27)11-14/h2-11,21,29-30H,1H3/b22-20+. The summed E-state index contributed by atoms with van der Waals surface area (Å²) in [5, 5.41) is 22.0. The molecule has 0 aliphatic carbocycles. The zero-order valence-corrected chi connectivity index (χ0v) is 19.3. The normalized spacial score (nSPS) is 17.5. The third kappa shape index (κ3) is 4.13. The van der Waals surface area contributed by atoms with Crippen LogP contribution in [0.5, 0.6) is 11.5 Å². The van der Waals surface area contributed by atoms with Crippen LogP contribution < -0.4 is 9.64 Å². The van der Waals surface area contributed by atoms with Gasteiger partial charge in [-0.2, -0.15) is 0 Å². The van der Waals surface area contributed by atoms with Crippen LogP contribution >= 0.6 is 34.8 Å². The summed E-state index contributed by atoms with van der Waals surface area (Å²) in [5.74, 6) is -1.97. The molecule has 3 aromatic carbocycles. The number of phenolic OH excluding ortho intramolecular Hbond substituents is 1. The molecule has 2 N–H and O–H groups in total. The molecule has 1 amide bonds. The summed E-state index contributed by atoms with van der Waals surface area (Å²) in [6, 6.07) is 14.0. The van der Waals surface area contributed by atoms with Gasteiger partial charge < -0.3 is 14.9 Å². The zero-order chi connectivity index (χ0) is 23.9. The van der Waals surface area contributed by atoms with Crippen molar-refractivity contribution in [2.75, 3.05) is 12.0 Å². The van der Waals surface area contributed by atoms with Crippen LogP contribution in [0.3, 0.4) is 0 Å². The number of halogens is 3. The Morgan fingerprint density at radius 3 is 2.33 bits per heavy atom. The van der Waals surface area contributed by atoms with E-state index in [0.717, 1.165) is 0 Å². The predicted molar refractivity (Wildman–Crippen MR) is 127 cm³/mol. The molecule has 1 unspecified atom stereocenters. The van der Waals surface area contributed by atoms with Gasteiger partial charge in [-0.05, 0) is 54.1 Å². The molecule has 3 aromatic rings. The van der Waals surface area contributed by atoms with Gasteiger partial charge in [-0.1, -0.05) is 46.9 Å². The molecule has 0 bridgehead atoms. The number of benzene rings is 3. The van der Waals surface area contributed by atoms with Crippen molar-refractivity contribution in [1.29, 1.82) is 0 Å². The highest BCUT2D eigenvalue weighted by Crippen LogP contribution is 2.44. The molecule has 1 heterocycles. The lowest BCUT2D eigenvalue weighted by Gasteiger charge is -2.26. The Morgan fingerprint density at radius 2 is 1.67 bits per heavy atom. The molecule has 0 aromatic heterocycles. The van der Waals surface area contributed by atoms with Crippen LogP contribution in [-0.2, 0) is 9.59 Å². The molecule has 9 heteroatoms. The monoisotopic (exact) mass is 503 g/mol. The molecule has 1 aliphatic rings. The number of hydrogen-bond donors (Lipinski definition) is 2. The van der Waals surface area contributed by atoms with Crippen molar-refractivity contribution in [1.82, 2.24) is 0 Å². The van der Waals surface area contributed by atoms with E-state index in [-0.39, 0.29) is 32.7 Å². The molecule has 0 spiro atoms. The number of aromatic hydroxyl groups is 1. The molecule has 1 atom stereocenters. The van der Waals surface area contributed by atoms with Crippen LogP contribution in [0.2, 0.25) is 15.1 Å². The van der Waals surface area contributed by atoms with Crippen LogP contribution in [0, 0.1) is 0 Å². The van der Waals surface area contributed by atoms with Crippen LogP contribution in [0.1, 0.15) is 17.2 Å². The Balaban J connectivity index is 1.97. The number of nitrogens with zero attached hydrogens (tertiary/aromatic N) is 1. The summed E-state index contributed by atoms with van der Waals surface area (Å²) >= 11 is 18.3. The minimum absolute atomic E-state index is 0.0691. The van der Waals surface area contributed by atoms with Gasteiger partial charge in [0.1, 0.15) is 17.3 Å². The van der Waals surface area contributed by atoms with Gasteiger partial charge in [0, 0.05) is 11.3 Å². The van der Waals surface area contributed by atoms with E-state index in [0.29, 0.717) is 16.3 Å². The Morgan fingerprint density at radius 1 is 0.939 bits per heavy atom. The number of aliphatic hydroxyl groups is 1. The highest BCUT2D eigenvalue weighted by Gasteiger charge is 2.47. The van der Waals surface area contributed by atoms with E-state index in [1.165, 1.54) is 54.5 Å². The van der Waals surface area contributed by atoms with Gasteiger partial charge in [-0.3, -0.25) is 14.5 Å². The lowest BCUT2D eigenvalue weighted by molar-refractivity contribution is -0.132. The van der Waals surface area contributed by atoms with Crippen LogP contribution in [0.15, 0.2) is 66.2 Å². The lowest BCUT2D eigenvalue weighted by Crippen LogP contribution is -2.29. The summed E-state index contributed by atoms with van der Waals surface area (Å²) in [4.78, 5) is 27.5. The molecule has 1 aliphatic heterocycles. The van der Waals surface area contributed by atoms with Crippen molar-refractivity contribution >= 4 is 57.9 Å². The third-order valence-electron chi connectivity index (χ3n) is 5.24. The first-order valence-electron chi connectivity index (χ1n) is 9.61. The molecule has 0 radical (unpaired) electrons. The highest BCUT2D eigenvalue weighted by molar-refractivity contribution is 6.52. The van der Waals surface area contributed by atoms with E-state index < -0.39 is 23.5 Å². The summed E-state index contributed by atoms with van der Waals surface area (Å²) < 4.78 is 5.20. The summed E-state index contributed by atoms with van der Waals surface area (Å²) in [5.41, 5.74) is 0.768. The third-order valence-corrected chi connectivity index (χ3v) is 6.29. The molecule has 33 heavy (non-hydrogen) atoms. The van der Waals surface area contributed by atoms with Crippen molar-refractivity contribution in [3.63, 3.8) is 0 Å². The smallest absolute Gasteiger partial charge is 0.300 e. The Hall–Kier alpha value is -3.19. The predicted octanol–water partition coefficient (Wildman–Crippen LogP) is 5.99. The van der Waals surface area contributed by atoms with Gasteiger partial charge in [0.05, 0.1) is 33.8 Å². The second-order valence-corrected chi connectivity index (χ2v) is 8.43. The maximum absolute atomic E-state index is 13.2. The number of amides is 1. The summed E-state index contributed by atoms with van der Waals surface area (Å²) in [6.07, 6.45) is 0. The number of anilines is 1. The van der Waals surface area contributed by atoms with Gasteiger partial charge in [0.2, 0.25) is 0 Å². The van der Waals surface area contributed by atoms with Gasteiger partial charge >= 0.3 is 0 Å². The van der Waals surface area contributed by atoms with E-state index in [1.807, 2.05) is 0 Å². The number of methoxy groups -OCH3 is 1. The van der Waals surface area contributed by atoms with Gasteiger partial charge in [-0.25, -0.2) is 0 Å². The first-order chi connectivity index (χ1) is 15.7. The van der Waals surface area contributed by atoms with E-state index >= 15 is 0 Å². The largest absolute Gasteiger partial charge is 0.508 e. The highest BCUT2D eigenvalue weighted by atomic mass is 35.5. The Labute approximate surface area is 204 Å². The molecule has 1 fully saturated rings. The molecule has 4 rings (SSSR count). The molecule has 1 saturated heterocycles. The van der Waals surface area contributed by atoms with Crippen molar-refractivity contribution in [3.8, 4) is 11.5 Å². The minimum Gasteiger partial charge on any atom is -0.508 e. The van der Waals surface area contributed by atoms with Crippen molar-refractivity contribution < 1.29 is 24.5 Å². The summed E-state index contributed by atoms with van der Waals surface area (Å²) in [6.45, 7) is 0. The number of carbonyl (C=O) groups is 2. The zero-order valence-electron chi connectivity index (χ0n) is 17.1. The van der Waals surface area contributed by atoms with E-state index in [2.05, 4.69) is 0 Å². The first-order valence-corrected chi connectivity index (χ1v) is 10.7. The molecular weight excluding hydrogens is 489 g/mol. The fourth-order valence-electron chi connectivity index (χ4n) is 3.71. The quantitative estimate of drug-likeness (QED) is 0.259. The molecule has 0 saturated carbocycles. The fourth-order valence-corrected chi connectivity index (χ4v) is 4.19. The van der Waals surface area contributed by atoms with Crippen molar-refractivity contribution in [3.05, 3.63) is 92.4 Å². The van der Waals surface area contributed by atoms with Gasteiger partial charge in [-0.15, -0.1) is 0 Å². The van der Waals surface area contributed by atoms with Crippen LogP contribution in [0.25, 0.3) is 5.76 Å². The van der Waals surface area contributed by atoms with Gasteiger partial charge in [0.25, 0.3) is 11.7 Å².